The fourth-order valence-electron chi connectivity index (χ4n) is 4.48. The largest absolute Gasteiger partial charge is 0.375 e. The molecule has 0 bridgehead atoms. The normalized spacial score (nSPS) is 45.5. The topological polar surface area (TPSA) is 24.5 Å². The molecule has 19 heavy (non-hydrogen) atoms. The van der Waals surface area contributed by atoms with Gasteiger partial charge in [0.05, 0.1) is 12.2 Å². The predicted molar refractivity (Wildman–Crippen MR) is 78.4 cm³/mol. The lowest BCUT2D eigenvalue weighted by molar-refractivity contribution is -0.0717. The van der Waals surface area contributed by atoms with Crippen LogP contribution >= 0.6 is 0 Å². The van der Waals surface area contributed by atoms with Crippen molar-refractivity contribution in [2.45, 2.75) is 76.7 Å². The van der Waals surface area contributed by atoms with Crippen molar-refractivity contribution in [2.75, 3.05) is 19.6 Å². The van der Waals surface area contributed by atoms with E-state index < -0.39 is 0 Å². The van der Waals surface area contributed by atoms with Crippen LogP contribution in [0.15, 0.2) is 0 Å². The fraction of sp³-hybridized carbons (Fsp3) is 1.00. The number of nitrogens with one attached hydrogen (secondary N) is 1. The summed E-state index contributed by atoms with van der Waals surface area (Å²) in [5.74, 6) is 0.893. The van der Waals surface area contributed by atoms with Crippen LogP contribution in [0.25, 0.3) is 0 Å². The van der Waals surface area contributed by atoms with Crippen LogP contribution in [0.3, 0.4) is 0 Å². The Morgan fingerprint density at radius 2 is 1.84 bits per heavy atom. The second-order valence-corrected chi connectivity index (χ2v) is 6.98. The van der Waals surface area contributed by atoms with Crippen LogP contribution in [0.1, 0.15) is 52.4 Å². The molecule has 0 aromatic heterocycles. The summed E-state index contributed by atoms with van der Waals surface area (Å²) in [6.07, 6.45) is 8.96. The molecule has 0 aromatic carbocycles. The molecule has 0 aromatic rings. The Bertz CT molecular complexity index is 280. The predicted octanol–water partition coefficient (Wildman–Crippen LogP) is 2.41. The summed E-state index contributed by atoms with van der Waals surface area (Å²) in [5, 5.41) is 3.72. The standard InChI is InChI=1S/C16H30N2O/c1-12-9-15(10-13(2)19-12)18-8-4-5-14(11-18)16-6-3-7-17-16/h12-17H,3-11H2,1-2H3. The molecule has 1 N–H and O–H groups in total. The van der Waals surface area contributed by atoms with Gasteiger partial charge in [-0.3, -0.25) is 4.90 Å². The highest BCUT2D eigenvalue weighted by Gasteiger charge is 2.34. The third kappa shape index (κ3) is 3.32. The maximum Gasteiger partial charge on any atom is 0.0565 e. The maximum absolute atomic E-state index is 5.89. The van der Waals surface area contributed by atoms with Gasteiger partial charge < -0.3 is 10.1 Å². The van der Waals surface area contributed by atoms with E-state index >= 15 is 0 Å². The maximum atomic E-state index is 5.89. The van der Waals surface area contributed by atoms with E-state index in [0.717, 1.165) is 18.0 Å². The minimum atomic E-state index is 0.443. The number of ether oxygens (including phenoxy) is 1. The summed E-state index contributed by atoms with van der Waals surface area (Å²) in [4.78, 5) is 2.78. The lowest BCUT2D eigenvalue weighted by Gasteiger charge is -2.44. The van der Waals surface area contributed by atoms with Crippen LogP contribution in [0.5, 0.6) is 0 Å². The van der Waals surface area contributed by atoms with Crippen molar-refractivity contribution in [3.63, 3.8) is 0 Å². The average molecular weight is 266 g/mol. The Hall–Kier alpha value is -0.120. The van der Waals surface area contributed by atoms with E-state index in [0.29, 0.717) is 12.2 Å². The molecule has 4 atom stereocenters. The molecule has 3 rings (SSSR count). The number of likely N-dealkylation sites (tertiary alicyclic amines) is 1. The van der Waals surface area contributed by atoms with E-state index in [1.54, 1.807) is 0 Å². The first-order valence-corrected chi connectivity index (χ1v) is 8.35. The van der Waals surface area contributed by atoms with Crippen LogP contribution in [0.2, 0.25) is 0 Å². The van der Waals surface area contributed by atoms with Crippen molar-refractivity contribution >= 4 is 0 Å². The summed E-state index contributed by atoms with van der Waals surface area (Å²) in [6.45, 7) is 8.35. The molecule has 0 amide bonds. The first kappa shape index (κ1) is 13.8. The van der Waals surface area contributed by atoms with Gasteiger partial charge in [-0.25, -0.2) is 0 Å². The zero-order valence-electron chi connectivity index (χ0n) is 12.6. The van der Waals surface area contributed by atoms with Gasteiger partial charge in [0.1, 0.15) is 0 Å². The number of hydrogen-bond donors (Lipinski definition) is 1. The van der Waals surface area contributed by atoms with Crippen molar-refractivity contribution in [2.24, 2.45) is 5.92 Å². The number of nitrogens with zero attached hydrogens (tertiary/aromatic N) is 1. The lowest BCUT2D eigenvalue weighted by Crippen LogP contribution is -2.51. The van der Waals surface area contributed by atoms with Crippen molar-refractivity contribution in [1.82, 2.24) is 10.2 Å². The number of rotatable bonds is 2. The average Bonchev–Trinajstić information content (AvgIpc) is 2.92. The minimum Gasteiger partial charge on any atom is -0.375 e. The molecule has 0 aliphatic carbocycles. The van der Waals surface area contributed by atoms with Gasteiger partial charge in [-0.2, -0.15) is 0 Å². The van der Waals surface area contributed by atoms with Gasteiger partial charge in [0.25, 0.3) is 0 Å². The highest BCUT2D eigenvalue weighted by atomic mass is 16.5. The zero-order valence-corrected chi connectivity index (χ0v) is 12.6. The smallest absolute Gasteiger partial charge is 0.0565 e. The monoisotopic (exact) mass is 266 g/mol. The highest BCUT2D eigenvalue weighted by Crippen LogP contribution is 2.30. The van der Waals surface area contributed by atoms with E-state index in [2.05, 4.69) is 24.1 Å². The second kappa shape index (κ2) is 6.11. The van der Waals surface area contributed by atoms with E-state index in [1.165, 1.54) is 58.2 Å². The molecule has 0 spiro atoms. The lowest BCUT2D eigenvalue weighted by atomic mass is 9.87. The van der Waals surface area contributed by atoms with Crippen molar-refractivity contribution < 1.29 is 4.74 Å². The van der Waals surface area contributed by atoms with Gasteiger partial charge in [0.2, 0.25) is 0 Å². The van der Waals surface area contributed by atoms with Crippen molar-refractivity contribution in [1.29, 1.82) is 0 Å². The van der Waals surface area contributed by atoms with Gasteiger partial charge in [-0.15, -0.1) is 0 Å². The molecular weight excluding hydrogens is 236 g/mol. The molecular formula is C16H30N2O. The molecule has 3 saturated heterocycles. The summed E-state index contributed by atoms with van der Waals surface area (Å²) in [6, 6.07) is 1.57. The van der Waals surface area contributed by atoms with Crippen molar-refractivity contribution in [3.8, 4) is 0 Å². The van der Waals surface area contributed by atoms with Crippen LogP contribution in [0, 0.1) is 5.92 Å². The second-order valence-electron chi connectivity index (χ2n) is 6.98. The van der Waals surface area contributed by atoms with Gasteiger partial charge in [0.15, 0.2) is 0 Å². The minimum absolute atomic E-state index is 0.443. The molecule has 3 fully saturated rings. The van der Waals surface area contributed by atoms with Gasteiger partial charge in [-0.1, -0.05) is 0 Å². The Morgan fingerprint density at radius 3 is 2.53 bits per heavy atom. The van der Waals surface area contributed by atoms with Crippen LogP contribution in [-0.2, 0) is 4.74 Å². The van der Waals surface area contributed by atoms with Crippen molar-refractivity contribution in [3.05, 3.63) is 0 Å². The Labute approximate surface area is 118 Å². The molecule has 4 unspecified atom stereocenters. The fourth-order valence-corrected chi connectivity index (χ4v) is 4.48. The third-order valence-corrected chi connectivity index (χ3v) is 5.35. The van der Waals surface area contributed by atoms with Crippen LogP contribution in [0.4, 0.5) is 0 Å². The molecule has 3 heterocycles. The Balaban J connectivity index is 1.57. The van der Waals surface area contributed by atoms with E-state index in [9.17, 15) is 0 Å². The number of hydrogen-bond acceptors (Lipinski definition) is 3. The number of piperidine rings is 1. The first-order valence-electron chi connectivity index (χ1n) is 8.35. The molecule has 3 nitrogen and oxygen atoms in total. The van der Waals surface area contributed by atoms with Crippen LogP contribution in [-0.4, -0.2) is 48.8 Å². The summed E-state index contributed by atoms with van der Waals surface area (Å²) in [5.41, 5.74) is 0. The first-order chi connectivity index (χ1) is 9.22. The molecule has 110 valence electrons. The summed E-state index contributed by atoms with van der Waals surface area (Å²) in [7, 11) is 0. The molecule has 3 aliphatic rings. The molecule has 3 heteroatoms. The summed E-state index contributed by atoms with van der Waals surface area (Å²) < 4.78 is 5.89. The third-order valence-electron chi connectivity index (χ3n) is 5.35. The zero-order chi connectivity index (χ0) is 13.2. The van der Waals surface area contributed by atoms with E-state index in [-0.39, 0.29) is 0 Å². The highest BCUT2D eigenvalue weighted by molar-refractivity contribution is 4.90. The van der Waals surface area contributed by atoms with Gasteiger partial charge >= 0.3 is 0 Å². The van der Waals surface area contributed by atoms with E-state index in [4.69, 9.17) is 4.74 Å². The Morgan fingerprint density at radius 1 is 1.05 bits per heavy atom. The molecule has 3 aliphatic heterocycles. The quantitative estimate of drug-likeness (QED) is 0.830. The molecule has 0 radical (unpaired) electrons. The Kier molecular flexibility index (Phi) is 4.45. The van der Waals surface area contributed by atoms with Crippen LogP contribution < -0.4 is 5.32 Å². The van der Waals surface area contributed by atoms with E-state index in [1.807, 2.05) is 0 Å². The van der Waals surface area contributed by atoms with Gasteiger partial charge in [-0.05, 0) is 71.4 Å². The summed E-state index contributed by atoms with van der Waals surface area (Å²) >= 11 is 0. The molecule has 0 saturated carbocycles. The SMILES string of the molecule is CC1CC(N2CCCC(C3CCCN3)C2)CC(C)O1. The van der Waals surface area contributed by atoms with Gasteiger partial charge in [0, 0.05) is 18.6 Å².